The topological polar surface area (TPSA) is 49.8 Å². The minimum Gasteiger partial charge on any atom is -0.481 e. The minimum atomic E-state index is -1.15. The molecule has 3 aromatic carbocycles. The predicted octanol–water partition coefficient (Wildman–Crippen LogP) is 5.37. The van der Waals surface area contributed by atoms with Crippen LogP contribution in [0, 0.1) is 17.5 Å². The second-order valence-electron chi connectivity index (χ2n) is 6.47. The van der Waals surface area contributed by atoms with Crippen molar-refractivity contribution in [2.45, 2.75) is 11.4 Å². The largest absolute Gasteiger partial charge is 0.481 e. The van der Waals surface area contributed by atoms with E-state index < -0.39 is 24.2 Å². The number of nitrogens with zero attached hydrogens (tertiary/aromatic N) is 1. The number of rotatable bonds is 8. The molecule has 0 radical (unpaired) electrons. The highest BCUT2D eigenvalue weighted by molar-refractivity contribution is 7.97. The maximum Gasteiger partial charge on any atom is 0.341 e. The van der Waals surface area contributed by atoms with Crippen LogP contribution in [-0.2, 0) is 11.3 Å². The van der Waals surface area contributed by atoms with Gasteiger partial charge < -0.3 is 9.84 Å². The summed E-state index contributed by atoms with van der Waals surface area (Å²) in [7, 11) is 1.86. The highest BCUT2D eigenvalue weighted by atomic mass is 32.2. The highest BCUT2D eigenvalue weighted by Crippen LogP contribution is 2.33. The zero-order valence-electron chi connectivity index (χ0n) is 15.9. The minimum absolute atomic E-state index is 0.251. The molecule has 3 rings (SSSR count). The number of benzene rings is 3. The first-order chi connectivity index (χ1) is 14.3. The molecule has 0 saturated carbocycles. The smallest absolute Gasteiger partial charge is 0.341 e. The van der Waals surface area contributed by atoms with Crippen molar-refractivity contribution in [3.8, 4) is 16.9 Å². The highest BCUT2D eigenvalue weighted by Gasteiger charge is 2.13. The van der Waals surface area contributed by atoms with E-state index in [4.69, 9.17) is 9.84 Å². The number of carboxylic acids is 1. The van der Waals surface area contributed by atoms with E-state index in [1.807, 2.05) is 11.4 Å². The lowest BCUT2D eigenvalue weighted by atomic mass is 10.0. The van der Waals surface area contributed by atoms with E-state index in [9.17, 15) is 18.0 Å². The maximum atomic E-state index is 13.7. The second kappa shape index (κ2) is 9.69. The van der Waals surface area contributed by atoms with Crippen LogP contribution in [0.4, 0.5) is 13.2 Å². The first kappa shape index (κ1) is 21.7. The Morgan fingerprint density at radius 1 is 1.00 bits per heavy atom. The number of hydrogen-bond donors (Lipinski definition) is 1. The third-order valence-electron chi connectivity index (χ3n) is 4.11. The van der Waals surface area contributed by atoms with Crippen molar-refractivity contribution in [2.24, 2.45) is 0 Å². The van der Waals surface area contributed by atoms with Gasteiger partial charge in [0.1, 0.15) is 11.6 Å². The summed E-state index contributed by atoms with van der Waals surface area (Å²) in [6.45, 7) is -0.0751. The molecule has 0 saturated heterocycles. The van der Waals surface area contributed by atoms with E-state index in [-0.39, 0.29) is 11.6 Å². The van der Waals surface area contributed by atoms with Crippen molar-refractivity contribution >= 4 is 17.9 Å². The van der Waals surface area contributed by atoms with E-state index in [1.165, 1.54) is 30.1 Å². The van der Waals surface area contributed by atoms with Gasteiger partial charge in [0, 0.05) is 17.0 Å². The molecule has 1 N–H and O–H groups in total. The van der Waals surface area contributed by atoms with E-state index in [0.717, 1.165) is 22.6 Å². The van der Waals surface area contributed by atoms with Crippen LogP contribution in [0.3, 0.4) is 0 Å². The summed E-state index contributed by atoms with van der Waals surface area (Å²) < 4.78 is 47.4. The summed E-state index contributed by atoms with van der Waals surface area (Å²) in [5.41, 5.74) is 1.66. The van der Waals surface area contributed by atoms with Gasteiger partial charge in [-0.05, 0) is 78.7 Å². The van der Waals surface area contributed by atoms with Gasteiger partial charge in [0.05, 0.1) is 0 Å². The zero-order chi connectivity index (χ0) is 21.7. The number of aliphatic carboxylic acids is 1. The van der Waals surface area contributed by atoms with Crippen LogP contribution in [0.5, 0.6) is 5.75 Å². The molecule has 0 aliphatic rings. The van der Waals surface area contributed by atoms with Gasteiger partial charge in [-0.25, -0.2) is 22.3 Å². The monoisotopic (exact) mass is 433 g/mol. The quantitative estimate of drug-likeness (QED) is 0.484. The molecule has 0 spiro atoms. The molecule has 0 fully saturated rings. The third kappa shape index (κ3) is 5.77. The molecule has 0 aliphatic heterocycles. The normalized spacial score (nSPS) is 11.0. The van der Waals surface area contributed by atoms with Crippen molar-refractivity contribution in [2.75, 3.05) is 13.7 Å². The molecular weight excluding hydrogens is 415 g/mol. The van der Waals surface area contributed by atoms with Crippen molar-refractivity contribution in [3.63, 3.8) is 0 Å². The van der Waals surface area contributed by atoms with Crippen LogP contribution in [0.15, 0.2) is 65.6 Å². The maximum absolute atomic E-state index is 13.7. The Labute approximate surface area is 176 Å². The molecule has 156 valence electrons. The Bertz CT molecular complexity index is 1040. The molecule has 4 nitrogen and oxygen atoms in total. The van der Waals surface area contributed by atoms with Crippen molar-refractivity contribution in [1.29, 1.82) is 0 Å². The Morgan fingerprint density at radius 3 is 2.40 bits per heavy atom. The molecule has 0 amide bonds. The van der Waals surface area contributed by atoms with Crippen LogP contribution >= 0.6 is 11.9 Å². The van der Waals surface area contributed by atoms with Gasteiger partial charge >= 0.3 is 5.97 Å². The Hall–Kier alpha value is -2.97. The van der Waals surface area contributed by atoms with E-state index in [1.54, 1.807) is 30.3 Å². The van der Waals surface area contributed by atoms with Gasteiger partial charge in [0.15, 0.2) is 18.2 Å². The SMILES string of the molecule is CN(Cc1ccc(OCC(=O)O)c(-c2ccc(F)c(F)c2)c1)Sc1ccc(F)cc1. The first-order valence-electron chi connectivity index (χ1n) is 8.89. The summed E-state index contributed by atoms with van der Waals surface area (Å²) >= 11 is 1.42. The third-order valence-corrected chi connectivity index (χ3v) is 5.03. The van der Waals surface area contributed by atoms with E-state index in [0.29, 0.717) is 17.7 Å². The molecule has 0 aliphatic carbocycles. The summed E-state index contributed by atoms with van der Waals surface area (Å²) in [5, 5.41) is 8.88. The number of carbonyl (C=O) groups is 1. The van der Waals surface area contributed by atoms with Crippen LogP contribution in [-0.4, -0.2) is 29.0 Å². The van der Waals surface area contributed by atoms with Crippen molar-refractivity contribution < 1.29 is 27.8 Å². The molecule has 8 heteroatoms. The predicted molar refractivity (Wildman–Crippen MR) is 109 cm³/mol. The van der Waals surface area contributed by atoms with E-state index in [2.05, 4.69) is 0 Å². The number of ether oxygens (including phenoxy) is 1. The van der Waals surface area contributed by atoms with Gasteiger partial charge in [0.25, 0.3) is 0 Å². The van der Waals surface area contributed by atoms with Crippen LogP contribution in [0.2, 0.25) is 0 Å². The number of halogens is 3. The van der Waals surface area contributed by atoms with Crippen LogP contribution in [0.25, 0.3) is 11.1 Å². The van der Waals surface area contributed by atoms with Crippen molar-refractivity contribution in [1.82, 2.24) is 4.31 Å². The van der Waals surface area contributed by atoms with Gasteiger partial charge in [-0.3, -0.25) is 0 Å². The summed E-state index contributed by atoms with van der Waals surface area (Å²) in [6, 6.07) is 14.7. The standard InChI is InChI=1S/C22H18F3NO3S/c1-26(30-17-6-4-16(23)5-7-17)12-14-2-9-21(29-13-22(27)28)18(10-14)15-3-8-19(24)20(25)11-15/h2-11H,12-13H2,1H3,(H,27,28). The summed E-state index contributed by atoms with van der Waals surface area (Å²) in [6.07, 6.45) is 0. The molecule has 0 heterocycles. The fourth-order valence-corrected chi connectivity index (χ4v) is 3.63. The molecule has 30 heavy (non-hydrogen) atoms. The van der Waals surface area contributed by atoms with E-state index >= 15 is 0 Å². The molecule has 0 unspecified atom stereocenters. The van der Waals surface area contributed by atoms with Gasteiger partial charge in [-0.15, -0.1) is 0 Å². The number of carboxylic acid groups (broad SMARTS) is 1. The molecule has 0 aromatic heterocycles. The molecular formula is C22H18F3NO3S. The Morgan fingerprint density at radius 2 is 1.73 bits per heavy atom. The fraction of sp³-hybridized carbons (Fsp3) is 0.136. The van der Waals surface area contributed by atoms with Gasteiger partial charge in [-0.2, -0.15) is 0 Å². The number of hydrogen-bond acceptors (Lipinski definition) is 4. The van der Waals surface area contributed by atoms with Crippen molar-refractivity contribution in [3.05, 3.63) is 83.7 Å². The molecule has 0 bridgehead atoms. The summed E-state index contributed by atoms with van der Waals surface area (Å²) in [4.78, 5) is 11.7. The lowest BCUT2D eigenvalue weighted by molar-refractivity contribution is -0.139. The molecule has 3 aromatic rings. The van der Waals surface area contributed by atoms with Crippen LogP contribution < -0.4 is 4.74 Å². The average molecular weight is 433 g/mol. The average Bonchev–Trinajstić information content (AvgIpc) is 2.70. The van der Waals surface area contributed by atoms with Gasteiger partial charge in [0.2, 0.25) is 0 Å². The Balaban J connectivity index is 1.85. The lowest BCUT2D eigenvalue weighted by Crippen LogP contribution is -2.11. The summed E-state index contributed by atoms with van der Waals surface area (Å²) in [5.74, 6) is -3.19. The first-order valence-corrected chi connectivity index (χ1v) is 9.67. The molecule has 0 atom stereocenters. The zero-order valence-corrected chi connectivity index (χ0v) is 16.8. The van der Waals surface area contributed by atoms with Crippen LogP contribution in [0.1, 0.15) is 5.56 Å². The fourth-order valence-electron chi connectivity index (χ4n) is 2.79. The van der Waals surface area contributed by atoms with Gasteiger partial charge in [-0.1, -0.05) is 12.1 Å². The Kier molecular flexibility index (Phi) is 7.02. The second-order valence-corrected chi connectivity index (χ2v) is 7.75. The lowest BCUT2D eigenvalue weighted by Gasteiger charge is -2.18.